The molecule has 0 N–H and O–H groups in total. The van der Waals surface area contributed by atoms with E-state index in [2.05, 4.69) is 0 Å². The maximum absolute atomic E-state index is 11.9. The van der Waals surface area contributed by atoms with Crippen molar-refractivity contribution < 1.29 is 22.0 Å². The summed E-state index contributed by atoms with van der Waals surface area (Å²) in [6, 6.07) is 0. The molecule has 0 bridgehead atoms. The quantitative estimate of drug-likeness (QED) is 0.558. The molecular weight excluding hydrogens is 155 g/mol. The van der Waals surface area contributed by atoms with E-state index < -0.39 is 24.9 Å². The zero-order valence-electron chi connectivity index (χ0n) is 5.17. The molecule has 0 aromatic carbocycles. The van der Waals surface area contributed by atoms with Crippen LogP contribution in [-0.4, -0.2) is 12.1 Å². The van der Waals surface area contributed by atoms with Crippen molar-refractivity contribution in [2.45, 2.75) is 25.4 Å². The van der Waals surface area contributed by atoms with E-state index in [0.29, 0.717) is 0 Å². The molecule has 0 amide bonds. The van der Waals surface area contributed by atoms with E-state index in [-0.39, 0.29) is 6.92 Å². The molecule has 0 aromatic rings. The fourth-order valence-electron chi connectivity index (χ4n) is 0.315. The van der Waals surface area contributed by atoms with Crippen molar-refractivity contribution in [3.05, 3.63) is 6.43 Å². The molecule has 0 aromatic heterocycles. The Kier molecular flexibility index (Phi) is 3.05. The predicted molar refractivity (Wildman–Crippen MR) is 25.6 cm³/mol. The summed E-state index contributed by atoms with van der Waals surface area (Å²) in [5.74, 6) is -3.68. The van der Waals surface area contributed by atoms with Crippen molar-refractivity contribution in [2.75, 3.05) is 0 Å². The normalized spacial score (nSPS) is 15.9. The first-order chi connectivity index (χ1) is 4.34. The summed E-state index contributed by atoms with van der Waals surface area (Å²) in [5, 5.41) is 0. The van der Waals surface area contributed by atoms with Crippen LogP contribution in [0.4, 0.5) is 22.0 Å². The third-order valence-electron chi connectivity index (χ3n) is 0.884. The van der Waals surface area contributed by atoms with E-state index in [1.165, 1.54) is 0 Å². The summed E-state index contributed by atoms with van der Waals surface area (Å²) in [4.78, 5) is 0. The second kappa shape index (κ2) is 3.16. The third-order valence-corrected chi connectivity index (χ3v) is 0.884. The lowest BCUT2D eigenvalue weighted by Crippen LogP contribution is -2.26. The molecule has 0 fully saturated rings. The molecule has 0 aliphatic carbocycles. The Morgan fingerprint density at radius 3 is 1.90 bits per heavy atom. The molecule has 61 valence electrons. The van der Waals surface area contributed by atoms with Crippen molar-refractivity contribution in [3.63, 3.8) is 0 Å². The largest absolute Gasteiger partial charge is 0.313 e. The number of rotatable bonds is 3. The highest BCUT2D eigenvalue weighted by molar-refractivity contribution is 4.77. The van der Waals surface area contributed by atoms with Gasteiger partial charge in [0.1, 0.15) is 0 Å². The lowest BCUT2D eigenvalue weighted by molar-refractivity contribution is -0.0634. The first-order valence-corrected chi connectivity index (χ1v) is 2.52. The topological polar surface area (TPSA) is 0 Å². The fourth-order valence-corrected chi connectivity index (χ4v) is 0.315. The van der Waals surface area contributed by atoms with Gasteiger partial charge in [-0.15, -0.1) is 0 Å². The van der Waals surface area contributed by atoms with E-state index in [9.17, 15) is 22.0 Å². The van der Waals surface area contributed by atoms with Crippen LogP contribution < -0.4 is 0 Å². The van der Waals surface area contributed by atoms with Crippen molar-refractivity contribution in [1.29, 1.82) is 0 Å². The van der Waals surface area contributed by atoms with Gasteiger partial charge in [0.25, 0.3) is 5.92 Å². The van der Waals surface area contributed by atoms with Crippen molar-refractivity contribution >= 4 is 0 Å². The van der Waals surface area contributed by atoms with Gasteiger partial charge in [-0.3, -0.25) is 0 Å². The van der Waals surface area contributed by atoms with Crippen LogP contribution in [0.25, 0.3) is 0 Å². The molecule has 1 radical (unpaired) electrons. The second-order valence-electron chi connectivity index (χ2n) is 1.97. The van der Waals surface area contributed by atoms with Crippen LogP contribution in [0.15, 0.2) is 0 Å². The average Bonchev–Trinajstić information content (AvgIpc) is 1.60. The molecule has 0 saturated heterocycles. The third kappa shape index (κ3) is 3.63. The Balaban J connectivity index is 3.73. The van der Waals surface area contributed by atoms with Gasteiger partial charge in [0.15, 0.2) is 6.17 Å². The number of alkyl halides is 3. The van der Waals surface area contributed by atoms with Crippen LogP contribution in [0.5, 0.6) is 0 Å². The molecule has 0 heterocycles. The molecule has 10 heavy (non-hydrogen) atoms. The molecule has 0 aliphatic heterocycles. The Hall–Kier alpha value is -0.350. The second-order valence-corrected chi connectivity index (χ2v) is 1.97. The average molecular weight is 161 g/mol. The molecule has 1 atom stereocenters. The van der Waals surface area contributed by atoms with Gasteiger partial charge >= 0.3 is 6.43 Å². The highest BCUT2D eigenvalue weighted by Gasteiger charge is 2.36. The van der Waals surface area contributed by atoms with Gasteiger partial charge < -0.3 is 0 Å². The summed E-state index contributed by atoms with van der Waals surface area (Å²) in [6.45, 7) is 0.264. The number of hydrogen-bond acceptors (Lipinski definition) is 0. The number of halogens is 5. The van der Waals surface area contributed by atoms with Crippen molar-refractivity contribution in [1.82, 2.24) is 0 Å². The van der Waals surface area contributed by atoms with Crippen LogP contribution in [-0.2, 0) is 0 Å². The van der Waals surface area contributed by atoms with Crippen molar-refractivity contribution in [3.8, 4) is 0 Å². The molecule has 0 nitrogen and oxygen atoms in total. The van der Waals surface area contributed by atoms with Gasteiger partial charge in [0, 0.05) is 6.92 Å². The van der Waals surface area contributed by atoms with E-state index in [1.54, 1.807) is 0 Å². The summed E-state index contributed by atoms with van der Waals surface area (Å²) in [7, 11) is 0. The zero-order valence-corrected chi connectivity index (χ0v) is 5.17. The van der Waals surface area contributed by atoms with Gasteiger partial charge in [0.05, 0.1) is 6.42 Å². The Morgan fingerprint density at radius 1 is 1.40 bits per heavy atom. The van der Waals surface area contributed by atoms with Gasteiger partial charge in [-0.05, 0) is 0 Å². The van der Waals surface area contributed by atoms with Gasteiger partial charge in [0.2, 0.25) is 0 Å². The zero-order chi connectivity index (χ0) is 8.36. The highest BCUT2D eigenvalue weighted by atomic mass is 19.3. The smallest absolute Gasteiger partial charge is 0.241 e. The summed E-state index contributed by atoms with van der Waals surface area (Å²) >= 11 is 0. The number of hydrogen-bond donors (Lipinski definition) is 0. The Morgan fingerprint density at radius 2 is 1.80 bits per heavy atom. The highest BCUT2D eigenvalue weighted by Crippen LogP contribution is 2.27. The minimum atomic E-state index is -3.68. The molecule has 0 rings (SSSR count). The Labute approximate surface area is 55.0 Å². The monoisotopic (exact) mass is 161 g/mol. The van der Waals surface area contributed by atoms with Crippen LogP contribution in [0.1, 0.15) is 13.3 Å². The Bertz CT molecular complexity index is 94.7. The molecule has 1 unspecified atom stereocenters. The predicted octanol–water partition coefficient (Wildman–Crippen LogP) is 2.80. The lowest BCUT2D eigenvalue weighted by Gasteiger charge is -2.13. The van der Waals surface area contributed by atoms with Crippen LogP contribution >= 0.6 is 0 Å². The fraction of sp³-hybridized carbons (Fsp3) is 0.800. The maximum atomic E-state index is 11.9. The van der Waals surface area contributed by atoms with E-state index in [4.69, 9.17) is 0 Å². The first-order valence-electron chi connectivity index (χ1n) is 2.52. The molecule has 5 heteroatoms. The van der Waals surface area contributed by atoms with Crippen LogP contribution in [0.3, 0.4) is 0 Å². The van der Waals surface area contributed by atoms with E-state index in [0.717, 1.165) is 0 Å². The van der Waals surface area contributed by atoms with Gasteiger partial charge in [-0.25, -0.2) is 13.2 Å². The molecule has 0 aliphatic rings. The van der Waals surface area contributed by atoms with E-state index in [1.807, 2.05) is 0 Å². The van der Waals surface area contributed by atoms with Crippen LogP contribution in [0, 0.1) is 6.43 Å². The SMILES string of the molecule is CC(F)(F)C(F)C[C](F)F. The van der Waals surface area contributed by atoms with Gasteiger partial charge in [-0.2, -0.15) is 8.78 Å². The van der Waals surface area contributed by atoms with Crippen LogP contribution in [0.2, 0.25) is 0 Å². The maximum Gasteiger partial charge on any atom is 0.313 e. The summed E-state index contributed by atoms with van der Waals surface area (Å²) < 4.78 is 57.7. The first kappa shape index (κ1) is 9.65. The summed E-state index contributed by atoms with van der Waals surface area (Å²) in [5.41, 5.74) is 0. The molecule has 0 spiro atoms. The summed E-state index contributed by atoms with van der Waals surface area (Å²) in [6.07, 6.45) is -6.57. The standard InChI is InChI=1S/C5H6F5/c1-5(9,10)3(6)2-4(7)8/h3H,2H2,1H3. The van der Waals surface area contributed by atoms with E-state index >= 15 is 0 Å². The van der Waals surface area contributed by atoms with Crippen molar-refractivity contribution in [2.24, 2.45) is 0 Å². The molecule has 0 saturated carbocycles. The van der Waals surface area contributed by atoms with Gasteiger partial charge in [-0.1, -0.05) is 0 Å². The minimum Gasteiger partial charge on any atom is -0.241 e. The molecular formula is C5H6F5. The lowest BCUT2D eigenvalue weighted by atomic mass is 10.2. The minimum absolute atomic E-state index is 0.264.